The zero-order valence-electron chi connectivity index (χ0n) is 12.2. The topological polar surface area (TPSA) is 61.6 Å². The van der Waals surface area contributed by atoms with Gasteiger partial charge in [-0.05, 0) is 25.2 Å². The van der Waals surface area contributed by atoms with E-state index in [9.17, 15) is 4.79 Å². The van der Waals surface area contributed by atoms with Crippen LogP contribution in [0.4, 0.5) is 5.69 Å². The van der Waals surface area contributed by atoms with E-state index in [4.69, 9.17) is 5.11 Å². The Morgan fingerprint density at radius 2 is 2.00 bits per heavy atom. The largest absolute Gasteiger partial charge is 0.395 e. The van der Waals surface area contributed by atoms with Gasteiger partial charge in [0.1, 0.15) is 0 Å². The van der Waals surface area contributed by atoms with Gasteiger partial charge in [-0.2, -0.15) is 0 Å². The molecule has 1 fully saturated rings. The zero-order valence-corrected chi connectivity index (χ0v) is 12.2. The molecule has 1 N–H and O–H groups in total. The van der Waals surface area contributed by atoms with Crippen LogP contribution >= 0.6 is 0 Å². The highest BCUT2D eigenvalue weighted by Gasteiger charge is 2.15. The first-order valence-electron chi connectivity index (χ1n) is 7.22. The lowest BCUT2D eigenvalue weighted by Crippen LogP contribution is -2.44. The average Bonchev–Trinajstić information content (AvgIpc) is 2.51. The highest BCUT2D eigenvalue weighted by Crippen LogP contribution is 2.20. The SMILES string of the molecule is CN1CCN(c2ccc3c(=O)n(CCO)cnc3c2)CC1. The Bertz CT molecular complexity index is 690. The number of fused-ring (bicyclic) bond motifs is 1. The van der Waals surface area contributed by atoms with E-state index in [2.05, 4.69) is 21.8 Å². The van der Waals surface area contributed by atoms with E-state index in [1.54, 1.807) is 0 Å². The first-order valence-corrected chi connectivity index (χ1v) is 7.22. The van der Waals surface area contributed by atoms with Gasteiger partial charge in [0.15, 0.2) is 0 Å². The van der Waals surface area contributed by atoms with Crippen molar-refractivity contribution in [3.63, 3.8) is 0 Å². The number of nitrogens with zero attached hydrogens (tertiary/aromatic N) is 4. The van der Waals surface area contributed by atoms with Gasteiger partial charge in [-0.3, -0.25) is 9.36 Å². The maximum absolute atomic E-state index is 12.2. The number of anilines is 1. The number of hydrogen-bond donors (Lipinski definition) is 1. The van der Waals surface area contributed by atoms with E-state index in [1.807, 2.05) is 18.2 Å². The average molecular weight is 288 g/mol. The van der Waals surface area contributed by atoms with Gasteiger partial charge in [-0.25, -0.2) is 4.98 Å². The van der Waals surface area contributed by atoms with Crippen LogP contribution in [0.25, 0.3) is 10.9 Å². The third kappa shape index (κ3) is 2.77. The van der Waals surface area contributed by atoms with Crippen molar-refractivity contribution in [1.29, 1.82) is 0 Å². The van der Waals surface area contributed by atoms with Crippen LogP contribution in [-0.2, 0) is 6.54 Å². The summed E-state index contributed by atoms with van der Waals surface area (Å²) in [6.45, 7) is 4.29. The molecule has 1 aromatic heterocycles. The molecule has 1 aromatic carbocycles. The number of aromatic nitrogens is 2. The van der Waals surface area contributed by atoms with Crippen LogP contribution in [0.15, 0.2) is 29.3 Å². The lowest BCUT2D eigenvalue weighted by molar-refractivity contribution is 0.274. The minimum Gasteiger partial charge on any atom is -0.395 e. The van der Waals surface area contributed by atoms with Crippen LogP contribution in [0.3, 0.4) is 0 Å². The number of aliphatic hydroxyl groups is 1. The summed E-state index contributed by atoms with van der Waals surface area (Å²) in [5, 5.41) is 9.55. The molecule has 2 heterocycles. The predicted molar refractivity (Wildman–Crippen MR) is 82.8 cm³/mol. The molecule has 0 radical (unpaired) electrons. The Hall–Kier alpha value is -1.92. The molecule has 0 unspecified atom stereocenters. The van der Waals surface area contributed by atoms with Gasteiger partial charge in [0, 0.05) is 31.9 Å². The van der Waals surface area contributed by atoms with Crippen molar-refractivity contribution in [2.45, 2.75) is 6.54 Å². The molecule has 0 amide bonds. The standard InChI is InChI=1S/C15H20N4O2/c1-17-4-6-18(7-5-17)12-2-3-13-14(10-12)16-11-19(8-9-20)15(13)21/h2-3,10-11,20H,4-9H2,1H3. The van der Waals surface area contributed by atoms with Gasteiger partial charge in [0.25, 0.3) is 5.56 Å². The molecule has 0 bridgehead atoms. The summed E-state index contributed by atoms with van der Waals surface area (Å²) in [6, 6.07) is 5.80. The van der Waals surface area contributed by atoms with Crippen molar-refractivity contribution in [3.05, 3.63) is 34.9 Å². The zero-order chi connectivity index (χ0) is 14.8. The van der Waals surface area contributed by atoms with Gasteiger partial charge >= 0.3 is 0 Å². The number of hydrogen-bond acceptors (Lipinski definition) is 5. The van der Waals surface area contributed by atoms with E-state index >= 15 is 0 Å². The number of aliphatic hydroxyl groups excluding tert-OH is 1. The summed E-state index contributed by atoms with van der Waals surface area (Å²) in [5.41, 5.74) is 1.73. The summed E-state index contributed by atoms with van der Waals surface area (Å²) >= 11 is 0. The second kappa shape index (κ2) is 5.83. The number of likely N-dealkylation sites (N-methyl/N-ethyl adjacent to an activating group) is 1. The van der Waals surface area contributed by atoms with Gasteiger partial charge in [-0.15, -0.1) is 0 Å². The first-order chi connectivity index (χ1) is 10.2. The fraction of sp³-hybridized carbons (Fsp3) is 0.467. The predicted octanol–water partition coefficient (Wildman–Crippen LogP) is 0.141. The third-order valence-electron chi connectivity index (χ3n) is 4.02. The fourth-order valence-corrected chi connectivity index (χ4v) is 2.68. The quantitative estimate of drug-likeness (QED) is 0.870. The number of rotatable bonds is 3. The van der Waals surface area contributed by atoms with Crippen molar-refractivity contribution >= 4 is 16.6 Å². The number of benzene rings is 1. The van der Waals surface area contributed by atoms with Gasteiger partial charge in [0.2, 0.25) is 0 Å². The van der Waals surface area contributed by atoms with Crippen molar-refractivity contribution in [1.82, 2.24) is 14.5 Å². The van der Waals surface area contributed by atoms with Gasteiger partial charge < -0.3 is 14.9 Å². The molecule has 1 aliphatic rings. The summed E-state index contributed by atoms with van der Waals surface area (Å²) < 4.78 is 1.44. The maximum Gasteiger partial charge on any atom is 0.261 e. The lowest BCUT2D eigenvalue weighted by atomic mass is 10.2. The van der Waals surface area contributed by atoms with E-state index in [-0.39, 0.29) is 18.7 Å². The molecule has 6 heteroatoms. The molecule has 0 saturated carbocycles. The molecule has 112 valence electrons. The summed E-state index contributed by atoms with van der Waals surface area (Å²) in [5.74, 6) is 0. The molecular formula is C15H20N4O2. The van der Waals surface area contributed by atoms with Crippen LogP contribution in [0.1, 0.15) is 0 Å². The minimum atomic E-state index is -0.0982. The van der Waals surface area contributed by atoms with E-state index in [0.29, 0.717) is 10.9 Å². The fourth-order valence-electron chi connectivity index (χ4n) is 2.68. The van der Waals surface area contributed by atoms with Gasteiger partial charge in [0.05, 0.1) is 30.4 Å². The molecule has 1 aliphatic heterocycles. The lowest BCUT2D eigenvalue weighted by Gasteiger charge is -2.34. The van der Waals surface area contributed by atoms with Crippen molar-refractivity contribution in [2.24, 2.45) is 0 Å². The summed E-state index contributed by atoms with van der Waals surface area (Å²) in [7, 11) is 2.13. The summed E-state index contributed by atoms with van der Waals surface area (Å²) in [4.78, 5) is 21.2. The van der Waals surface area contributed by atoms with Crippen molar-refractivity contribution < 1.29 is 5.11 Å². The molecule has 0 atom stereocenters. The maximum atomic E-state index is 12.2. The molecule has 0 spiro atoms. The smallest absolute Gasteiger partial charge is 0.261 e. The second-order valence-electron chi connectivity index (χ2n) is 5.46. The van der Waals surface area contributed by atoms with Crippen LogP contribution in [0, 0.1) is 0 Å². The normalized spacial score (nSPS) is 16.6. The molecule has 1 saturated heterocycles. The van der Waals surface area contributed by atoms with Gasteiger partial charge in [-0.1, -0.05) is 0 Å². The second-order valence-corrected chi connectivity index (χ2v) is 5.46. The summed E-state index contributed by atoms with van der Waals surface area (Å²) in [6.07, 6.45) is 1.51. The number of piperazine rings is 1. The Kier molecular flexibility index (Phi) is 3.90. The molecule has 2 aromatic rings. The monoisotopic (exact) mass is 288 g/mol. The van der Waals surface area contributed by atoms with Crippen LogP contribution in [0.2, 0.25) is 0 Å². The molecule has 0 aliphatic carbocycles. The Balaban J connectivity index is 1.94. The molecule has 6 nitrogen and oxygen atoms in total. The van der Waals surface area contributed by atoms with Crippen molar-refractivity contribution in [3.8, 4) is 0 Å². The van der Waals surface area contributed by atoms with E-state index in [1.165, 1.54) is 10.9 Å². The Labute approximate surface area is 123 Å². The highest BCUT2D eigenvalue weighted by molar-refractivity contribution is 5.81. The first kappa shape index (κ1) is 14.0. The molecular weight excluding hydrogens is 268 g/mol. The highest BCUT2D eigenvalue weighted by atomic mass is 16.3. The Morgan fingerprint density at radius 3 is 2.71 bits per heavy atom. The van der Waals surface area contributed by atoms with E-state index in [0.717, 1.165) is 31.9 Å². The molecule has 21 heavy (non-hydrogen) atoms. The minimum absolute atomic E-state index is 0.0630. The van der Waals surface area contributed by atoms with Crippen LogP contribution < -0.4 is 10.5 Å². The Morgan fingerprint density at radius 1 is 1.24 bits per heavy atom. The molecule has 3 rings (SSSR count). The van der Waals surface area contributed by atoms with Crippen molar-refractivity contribution in [2.75, 3.05) is 44.7 Å². The van der Waals surface area contributed by atoms with Crippen LogP contribution in [0.5, 0.6) is 0 Å². The third-order valence-corrected chi connectivity index (χ3v) is 4.02. The van der Waals surface area contributed by atoms with Crippen LogP contribution in [-0.4, -0.2) is 59.4 Å². The van der Waals surface area contributed by atoms with E-state index < -0.39 is 0 Å².